The number of nitrogen functional groups attached to an aromatic ring is 1. The Morgan fingerprint density at radius 2 is 1.85 bits per heavy atom. The van der Waals surface area contributed by atoms with Gasteiger partial charge in [0.05, 0.1) is 17.0 Å². The van der Waals surface area contributed by atoms with E-state index in [4.69, 9.17) is 10.8 Å². The third-order valence-electron chi connectivity index (χ3n) is 6.95. The SMILES string of the molecule is CC[C@@H](c1cc2scc(C)n2c(=O)c1-c1ccccc1)n1nc(-c2ccc(OC(F)F)c(F)c2)c2c(N)ncnc21. The Labute approximate surface area is 235 Å². The molecule has 0 saturated carbocycles. The first-order valence-electron chi connectivity index (χ1n) is 12.7. The van der Waals surface area contributed by atoms with Gasteiger partial charge in [-0.1, -0.05) is 37.3 Å². The molecule has 208 valence electrons. The molecule has 0 saturated heterocycles. The maximum atomic E-state index is 14.7. The minimum atomic E-state index is -3.17. The molecule has 0 amide bonds. The summed E-state index contributed by atoms with van der Waals surface area (Å²) in [5.41, 5.74) is 9.91. The molecule has 0 bridgehead atoms. The van der Waals surface area contributed by atoms with Crippen molar-refractivity contribution < 1.29 is 17.9 Å². The van der Waals surface area contributed by atoms with Gasteiger partial charge in [-0.25, -0.2) is 19.0 Å². The number of nitrogens with two attached hydrogens (primary N) is 1. The maximum absolute atomic E-state index is 14.7. The summed E-state index contributed by atoms with van der Waals surface area (Å²) in [6, 6.07) is 14.5. The number of benzene rings is 2. The van der Waals surface area contributed by atoms with Gasteiger partial charge in [0.15, 0.2) is 17.2 Å². The van der Waals surface area contributed by atoms with E-state index in [0.717, 1.165) is 33.8 Å². The number of rotatable bonds is 7. The molecule has 0 radical (unpaired) electrons. The quantitative estimate of drug-likeness (QED) is 0.234. The summed E-state index contributed by atoms with van der Waals surface area (Å²) in [4.78, 5) is 23.3. The molecule has 41 heavy (non-hydrogen) atoms. The van der Waals surface area contributed by atoms with Crippen molar-refractivity contribution in [2.24, 2.45) is 0 Å². The van der Waals surface area contributed by atoms with E-state index in [0.29, 0.717) is 23.0 Å². The van der Waals surface area contributed by atoms with E-state index in [2.05, 4.69) is 14.7 Å². The van der Waals surface area contributed by atoms with Gasteiger partial charge in [-0.3, -0.25) is 9.20 Å². The summed E-state index contributed by atoms with van der Waals surface area (Å²) < 4.78 is 47.8. The fraction of sp³-hybridized carbons (Fsp3) is 0.172. The zero-order valence-electron chi connectivity index (χ0n) is 21.9. The summed E-state index contributed by atoms with van der Waals surface area (Å²) in [7, 11) is 0. The summed E-state index contributed by atoms with van der Waals surface area (Å²) in [6.45, 7) is 0.687. The fourth-order valence-corrected chi connectivity index (χ4v) is 6.09. The number of thiazole rings is 1. The largest absolute Gasteiger partial charge is 0.432 e. The summed E-state index contributed by atoms with van der Waals surface area (Å²) >= 11 is 1.47. The second-order valence-electron chi connectivity index (χ2n) is 9.40. The lowest BCUT2D eigenvalue weighted by molar-refractivity contribution is -0.0521. The first-order valence-corrected chi connectivity index (χ1v) is 13.6. The highest BCUT2D eigenvalue weighted by atomic mass is 32.1. The van der Waals surface area contributed by atoms with Crippen LogP contribution in [0, 0.1) is 12.7 Å². The molecular formula is C29H23F3N6O2S. The molecule has 8 nitrogen and oxygen atoms in total. The number of alkyl halides is 2. The number of fused-ring (bicyclic) bond motifs is 2. The summed E-state index contributed by atoms with van der Waals surface area (Å²) in [6.07, 6.45) is 1.83. The molecule has 0 aliphatic carbocycles. The van der Waals surface area contributed by atoms with Gasteiger partial charge in [0.2, 0.25) is 0 Å². The van der Waals surface area contributed by atoms with Crippen LogP contribution < -0.4 is 16.0 Å². The number of hydrogen-bond acceptors (Lipinski definition) is 7. The van der Waals surface area contributed by atoms with Crippen LogP contribution in [0.3, 0.4) is 0 Å². The Bertz CT molecular complexity index is 1970. The zero-order valence-corrected chi connectivity index (χ0v) is 22.7. The van der Waals surface area contributed by atoms with E-state index in [-0.39, 0.29) is 22.6 Å². The van der Waals surface area contributed by atoms with Crippen LogP contribution in [0.1, 0.15) is 30.6 Å². The Balaban J connectivity index is 1.61. The lowest BCUT2D eigenvalue weighted by atomic mass is 9.95. The first-order chi connectivity index (χ1) is 19.8. The highest BCUT2D eigenvalue weighted by Crippen LogP contribution is 2.38. The molecule has 2 N–H and O–H groups in total. The zero-order chi connectivity index (χ0) is 28.8. The van der Waals surface area contributed by atoms with Crippen molar-refractivity contribution in [2.45, 2.75) is 32.9 Å². The lowest BCUT2D eigenvalue weighted by Crippen LogP contribution is -2.22. The van der Waals surface area contributed by atoms with E-state index < -0.39 is 24.2 Å². The third-order valence-corrected chi connectivity index (χ3v) is 7.95. The van der Waals surface area contributed by atoms with Gasteiger partial charge in [0, 0.05) is 16.6 Å². The van der Waals surface area contributed by atoms with Crippen LogP contribution in [0.5, 0.6) is 5.75 Å². The predicted molar refractivity (Wildman–Crippen MR) is 152 cm³/mol. The maximum Gasteiger partial charge on any atom is 0.387 e. The number of ether oxygens (including phenoxy) is 1. The number of aromatic nitrogens is 5. The lowest BCUT2D eigenvalue weighted by Gasteiger charge is -2.21. The molecule has 2 aromatic carbocycles. The van der Waals surface area contributed by atoms with Crippen LogP contribution in [0.15, 0.2) is 71.1 Å². The topological polar surface area (TPSA) is 100 Å². The second kappa shape index (κ2) is 10.4. The average molecular weight is 577 g/mol. The molecular weight excluding hydrogens is 553 g/mol. The van der Waals surface area contributed by atoms with Gasteiger partial charge in [0.25, 0.3) is 5.56 Å². The van der Waals surface area contributed by atoms with Crippen molar-refractivity contribution in [3.05, 3.63) is 93.7 Å². The predicted octanol–water partition coefficient (Wildman–Crippen LogP) is 6.47. The smallest absolute Gasteiger partial charge is 0.387 e. The molecule has 4 heterocycles. The molecule has 0 unspecified atom stereocenters. The number of pyridine rings is 1. The van der Waals surface area contributed by atoms with E-state index in [9.17, 15) is 18.0 Å². The van der Waals surface area contributed by atoms with Crippen LogP contribution >= 0.6 is 11.3 Å². The van der Waals surface area contributed by atoms with Gasteiger partial charge < -0.3 is 10.5 Å². The molecule has 12 heteroatoms. The van der Waals surface area contributed by atoms with Crippen molar-refractivity contribution in [1.82, 2.24) is 24.1 Å². The molecule has 4 aromatic heterocycles. The highest BCUT2D eigenvalue weighted by Gasteiger charge is 2.27. The first kappa shape index (κ1) is 26.5. The monoisotopic (exact) mass is 576 g/mol. The van der Waals surface area contributed by atoms with E-state index >= 15 is 0 Å². The van der Waals surface area contributed by atoms with Gasteiger partial charge >= 0.3 is 6.61 Å². The fourth-order valence-electron chi connectivity index (χ4n) is 5.16. The van der Waals surface area contributed by atoms with Crippen LogP contribution in [-0.2, 0) is 0 Å². The molecule has 0 spiro atoms. The van der Waals surface area contributed by atoms with Crippen molar-refractivity contribution >= 4 is 33.0 Å². The van der Waals surface area contributed by atoms with Gasteiger partial charge in [0.1, 0.15) is 22.7 Å². The number of halogens is 3. The van der Waals surface area contributed by atoms with E-state index in [1.807, 2.05) is 55.6 Å². The van der Waals surface area contributed by atoms with Gasteiger partial charge in [-0.05, 0) is 48.7 Å². The number of nitrogens with zero attached hydrogens (tertiary/aromatic N) is 5. The summed E-state index contributed by atoms with van der Waals surface area (Å²) in [5.74, 6) is -1.45. The van der Waals surface area contributed by atoms with Crippen molar-refractivity contribution in [3.8, 4) is 28.1 Å². The van der Waals surface area contributed by atoms with E-state index in [1.54, 1.807) is 9.08 Å². The Kier molecular flexibility index (Phi) is 6.70. The van der Waals surface area contributed by atoms with Crippen LogP contribution in [0.4, 0.5) is 19.0 Å². The van der Waals surface area contributed by atoms with Crippen molar-refractivity contribution in [2.75, 3.05) is 5.73 Å². The number of anilines is 1. The molecule has 1 atom stereocenters. The Morgan fingerprint density at radius 1 is 1.07 bits per heavy atom. The van der Waals surface area contributed by atoms with Gasteiger partial charge in [-0.2, -0.15) is 13.9 Å². The number of hydrogen-bond donors (Lipinski definition) is 1. The van der Waals surface area contributed by atoms with Crippen molar-refractivity contribution in [1.29, 1.82) is 0 Å². The highest BCUT2D eigenvalue weighted by molar-refractivity contribution is 7.15. The molecule has 6 aromatic rings. The normalized spacial score (nSPS) is 12.4. The molecule has 0 fully saturated rings. The van der Waals surface area contributed by atoms with Gasteiger partial charge in [-0.15, -0.1) is 11.3 Å². The minimum absolute atomic E-state index is 0.118. The second-order valence-corrected chi connectivity index (χ2v) is 10.3. The molecule has 6 rings (SSSR count). The van der Waals surface area contributed by atoms with Crippen LogP contribution in [-0.4, -0.2) is 30.8 Å². The average Bonchev–Trinajstić information content (AvgIpc) is 3.52. The number of aryl methyl sites for hydroxylation is 1. The van der Waals surface area contributed by atoms with Crippen LogP contribution in [0.2, 0.25) is 0 Å². The molecule has 0 aliphatic rings. The third kappa shape index (κ3) is 4.49. The summed E-state index contributed by atoms with van der Waals surface area (Å²) in [5, 5.41) is 7.13. The van der Waals surface area contributed by atoms with Crippen molar-refractivity contribution in [3.63, 3.8) is 0 Å². The Morgan fingerprint density at radius 3 is 2.56 bits per heavy atom. The Hall–Kier alpha value is -4.71. The standard InChI is InChI=1S/C29H23F3N6O2S/c1-3-20(18-12-22-37(15(2)13-41-22)28(39)23(18)16-7-5-4-6-8-16)38-27-24(26(33)34-14-35-27)25(36-38)17-9-10-21(19(30)11-17)40-29(31)32/h4-14,20,29H,3H2,1-2H3,(H2,33,34,35)/t20-/m0/s1. The molecule has 0 aliphatic heterocycles. The van der Waals surface area contributed by atoms with E-state index in [1.165, 1.54) is 23.7 Å². The van der Waals surface area contributed by atoms with Crippen LogP contribution in [0.25, 0.3) is 38.2 Å². The minimum Gasteiger partial charge on any atom is -0.432 e.